The topological polar surface area (TPSA) is 51.1 Å². The fourth-order valence-corrected chi connectivity index (χ4v) is 2.07. The van der Waals surface area contributed by atoms with Crippen LogP contribution < -0.4 is 5.32 Å². The van der Waals surface area contributed by atoms with Gasteiger partial charge in [0.25, 0.3) is 5.91 Å². The van der Waals surface area contributed by atoms with Crippen LogP contribution >= 0.6 is 0 Å². The second-order valence-electron chi connectivity index (χ2n) is 5.05. The van der Waals surface area contributed by atoms with E-state index >= 15 is 0 Å². The third-order valence-electron chi connectivity index (χ3n) is 3.32. The number of carbonyl (C=O) groups is 2. The van der Waals surface area contributed by atoms with E-state index in [-0.39, 0.29) is 17.5 Å². The molecule has 1 aromatic heterocycles. The van der Waals surface area contributed by atoms with Crippen molar-refractivity contribution < 1.29 is 14.0 Å². The standard InChI is InChI=1S/C16H17FN2O2/c1-10-6-12(4-5-14(10)17)8-18-16(21)15-7-13(11(2)20)9-19(15)3/h4-7,9H,8H2,1-3H3,(H,18,21). The molecule has 0 aliphatic heterocycles. The Labute approximate surface area is 122 Å². The molecule has 0 unspecified atom stereocenters. The summed E-state index contributed by atoms with van der Waals surface area (Å²) in [5.74, 6) is -0.621. The second kappa shape index (κ2) is 5.91. The molecule has 0 aliphatic rings. The molecular weight excluding hydrogens is 271 g/mol. The molecule has 1 heterocycles. The predicted molar refractivity (Wildman–Crippen MR) is 77.7 cm³/mol. The average molecular weight is 288 g/mol. The van der Waals surface area contributed by atoms with Crippen LogP contribution in [0.5, 0.6) is 0 Å². The van der Waals surface area contributed by atoms with Crippen LogP contribution in [-0.4, -0.2) is 16.3 Å². The molecule has 4 nitrogen and oxygen atoms in total. The molecule has 21 heavy (non-hydrogen) atoms. The van der Waals surface area contributed by atoms with E-state index < -0.39 is 0 Å². The van der Waals surface area contributed by atoms with Crippen LogP contribution in [0, 0.1) is 12.7 Å². The van der Waals surface area contributed by atoms with E-state index in [1.54, 1.807) is 42.9 Å². The minimum absolute atomic E-state index is 0.0844. The first-order valence-electron chi connectivity index (χ1n) is 6.59. The zero-order valence-electron chi connectivity index (χ0n) is 12.2. The summed E-state index contributed by atoms with van der Waals surface area (Å²) in [5.41, 5.74) is 2.28. The van der Waals surface area contributed by atoms with Crippen molar-refractivity contribution >= 4 is 11.7 Å². The van der Waals surface area contributed by atoms with Gasteiger partial charge in [0.15, 0.2) is 5.78 Å². The number of hydrogen-bond donors (Lipinski definition) is 1. The Hall–Kier alpha value is -2.43. The van der Waals surface area contributed by atoms with Gasteiger partial charge in [0, 0.05) is 25.4 Å². The smallest absolute Gasteiger partial charge is 0.268 e. The average Bonchev–Trinajstić information content (AvgIpc) is 2.82. The summed E-state index contributed by atoms with van der Waals surface area (Å²) in [5, 5.41) is 2.76. The van der Waals surface area contributed by atoms with Crippen LogP contribution in [-0.2, 0) is 13.6 Å². The molecule has 0 aliphatic carbocycles. The highest BCUT2D eigenvalue weighted by atomic mass is 19.1. The number of aryl methyl sites for hydroxylation is 2. The first-order valence-corrected chi connectivity index (χ1v) is 6.59. The van der Waals surface area contributed by atoms with Gasteiger partial charge in [0.2, 0.25) is 0 Å². The van der Waals surface area contributed by atoms with Gasteiger partial charge in [-0.1, -0.05) is 12.1 Å². The molecular formula is C16H17FN2O2. The molecule has 0 saturated heterocycles. The Kier molecular flexibility index (Phi) is 4.21. The van der Waals surface area contributed by atoms with Gasteiger partial charge in [-0.05, 0) is 37.1 Å². The number of nitrogens with zero attached hydrogens (tertiary/aromatic N) is 1. The Balaban J connectivity index is 2.08. The quantitative estimate of drug-likeness (QED) is 0.879. The number of amides is 1. The SMILES string of the molecule is CC(=O)c1cc(C(=O)NCc2ccc(F)c(C)c2)n(C)c1. The highest BCUT2D eigenvalue weighted by Crippen LogP contribution is 2.11. The minimum Gasteiger partial charge on any atom is -0.347 e. The summed E-state index contributed by atoms with van der Waals surface area (Å²) in [6.45, 7) is 3.44. The lowest BCUT2D eigenvalue weighted by molar-refractivity contribution is 0.0942. The lowest BCUT2D eigenvalue weighted by Gasteiger charge is -2.07. The first kappa shape index (κ1) is 15.0. The molecule has 0 atom stereocenters. The number of hydrogen-bond acceptors (Lipinski definition) is 2. The normalized spacial score (nSPS) is 10.5. The van der Waals surface area contributed by atoms with Gasteiger partial charge in [-0.3, -0.25) is 9.59 Å². The highest BCUT2D eigenvalue weighted by molar-refractivity contribution is 5.99. The van der Waals surface area contributed by atoms with Gasteiger partial charge < -0.3 is 9.88 Å². The zero-order valence-corrected chi connectivity index (χ0v) is 12.2. The molecule has 0 spiro atoms. The third-order valence-corrected chi connectivity index (χ3v) is 3.32. The van der Waals surface area contributed by atoms with Gasteiger partial charge in [-0.2, -0.15) is 0 Å². The van der Waals surface area contributed by atoms with Gasteiger partial charge in [-0.15, -0.1) is 0 Å². The Morgan fingerprint density at radius 2 is 2.00 bits per heavy atom. The maximum atomic E-state index is 13.2. The van der Waals surface area contributed by atoms with Crippen molar-refractivity contribution in [3.05, 3.63) is 58.7 Å². The molecule has 1 amide bonds. The molecule has 2 aromatic rings. The molecule has 0 bridgehead atoms. The molecule has 2 rings (SSSR count). The van der Waals surface area contributed by atoms with Gasteiger partial charge in [-0.25, -0.2) is 4.39 Å². The van der Waals surface area contributed by atoms with Crippen LogP contribution in [0.25, 0.3) is 0 Å². The van der Waals surface area contributed by atoms with E-state index in [2.05, 4.69) is 5.32 Å². The Morgan fingerprint density at radius 1 is 1.29 bits per heavy atom. The van der Waals surface area contributed by atoms with Crippen molar-refractivity contribution in [2.75, 3.05) is 0 Å². The molecule has 110 valence electrons. The molecule has 5 heteroatoms. The first-order chi connectivity index (χ1) is 9.88. The molecule has 0 radical (unpaired) electrons. The van der Waals surface area contributed by atoms with Crippen LogP contribution in [0.15, 0.2) is 30.5 Å². The second-order valence-corrected chi connectivity index (χ2v) is 5.05. The fraction of sp³-hybridized carbons (Fsp3) is 0.250. The number of Topliss-reactive ketones (excluding diaryl/α,β-unsaturated/α-hetero) is 1. The van der Waals surface area contributed by atoms with E-state index in [0.29, 0.717) is 23.4 Å². The van der Waals surface area contributed by atoms with Gasteiger partial charge in [0.05, 0.1) is 0 Å². The van der Waals surface area contributed by atoms with Crippen molar-refractivity contribution in [3.63, 3.8) is 0 Å². The van der Waals surface area contributed by atoms with Crippen molar-refractivity contribution in [3.8, 4) is 0 Å². The monoisotopic (exact) mass is 288 g/mol. The van der Waals surface area contributed by atoms with Crippen molar-refractivity contribution in [1.82, 2.24) is 9.88 Å². The number of nitrogens with one attached hydrogen (secondary N) is 1. The lowest BCUT2D eigenvalue weighted by atomic mass is 10.1. The zero-order chi connectivity index (χ0) is 15.6. The lowest BCUT2D eigenvalue weighted by Crippen LogP contribution is -2.24. The highest BCUT2D eigenvalue weighted by Gasteiger charge is 2.13. The summed E-state index contributed by atoms with van der Waals surface area (Å²) >= 11 is 0. The molecule has 1 aromatic carbocycles. The van der Waals surface area contributed by atoms with E-state index in [0.717, 1.165) is 5.56 Å². The van der Waals surface area contributed by atoms with Crippen LogP contribution in [0.2, 0.25) is 0 Å². The Morgan fingerprint density at radius 3 is 2.57 bits per heavy atom. The van der Waals surface area contributed by atoms with E-state index in [4.69, 9.17) is 0 Å². The minimum atomic E-state index is -0.271. The fourth-order valence-electron chi connectivity index (χ4n) is 2.07. The summed E-state index contributed by atoms with van der Waals surface area (Å²) in [6, 6.07) is 6.27. The van der Waals surface area contributed by atoms with Crippen LogP contribution in [0.3, 0.4) is 0 Å². The summed E-state index contributed by atoms with van der Waals surface area (Å²) < 4.78 is 14.8. The van der Waals surface area contributed by atoms with Crippen molar-refractivity contribution in [2.45, 2.75) is 20.4 Å². The number of aromatic nitrogens is 1. The number of carbonyl (C=O) groups excluding carboxylic acids is 2. The number of ketones is 1. The van der Waals surface area contributed by atoms with E-state index in [9.17, 15) is 14.0 Å². The summed E-state index contributed by atoms with van der Waals surface area (Å²) in [7, 11) is 1.71. The molecule has 0 fully saturated rings. The summed E-state index contributed by atoms with van der Waals surface area (Å²) in [6.07, 6.45) is 1.62. The molecule has 0 saturated carbocycles. The van der Waals surface area contributed by atoms with Crippen LogP contribution in [0.1, 0.15) is 38.9 Å². The van der Waals surface area contributed by atoms with Crippen molar-refractivity contribution in [1.29, 1.82) is 0 Å². The number of rotatable bonds is 4. The number of halogens is 1. The summed E-state index contributed by atoms with van der Waals surface area (Å²) in [4.78, 5) is 23.4. The molecule has 1 N–H and O–H groups in total. The van der Waals surface area contributed by atoms with E-state index in [1.807, 2.05) is 0 Å². The third kappa shape index (κ3) is 3.37. The largest absolute Gasteiger partial charge is 0.347 e. The number of benzene rings is 1. The van der Waals surface area contributed by atoms with E-state index in [1.165, 1.54) is 13.0 Å². The van der Waals surface area contributed by atoms with Gasteiger partial charge >= 0.3 is 0 Å². The maximum Gasteiger partial charge on any atom is 0.268 e. The van der Waals surface area contributed by atoms with Crippen LogP contribution in [0.4, 0.5) is 4.39 Å². The van der Waals surface area contributed by atoms with Gasteiger partial charge in [0.1, 0.15) is 11.5 Å². The predicted octanol–water partition coefficient (Wildman–Crippen LogP) is 2.61. The Bertz CT molecular complexity index is 704. The maximum absolute atomic E-state index is 13.2. The van der Waals surface area contributed by atoms with Crippen molar-refractivity contribution in [2.24, 2.45) is 7.05 Å².